The Hall–Kier alpha value is -0.950. The molecule has 78 valence electrons. The zero-order chi connectivity index (χ0) is 10.7. The van der Waals surface area contributed by atoms with Crippen molar-refractivity contribution in [3.8, 4) is 0 Å². The van der Waals surface area contributed by atoms with Gasteiger partial charge >= 0.3 is 0 Å². The molecule has 2 N–H and O–H groups in total. The highest BCUT2D eigenvalue weighted by atomic mass is 127. The van der Waals surface area contributed by atoms with Crippen LogP contribution >= 0.6 is 22.6 Å². The lowest BCUT2D eigenvalue weighted by Crippen LogP contribution is -2.20. The fourth-order valence-corrected chi connectivity index (χ4v) is 1.88. The number of nitrogens with two attached hydrogens (primary N) is 1. The molecule has 0 aliphatic carbocycles. The minimum atomic E-state index is 0.0940. The summed E-state index contributed by atoms with van der Waals surface area (Å²) < 4.78 is 3.00. The molecule has 2 rings (SSSR count). The molecule has 0 amide bonds. The van der Waals surface area contributed by atoms with E-state index in [1.165, 1.54) is 0 Å². The van der Waals surface area contributed by atoms with Crippen LogP contribution in [0.15, 0.2) is 36.9 Å². The Morgan fingerprint density at radius 2 is 2.13 bits per heavy atom. The molecule has 0 bridgehead atoms. The normalized spacial score (nSPS) is 12.7. The third-order valence-corrected chi connectivity index (χ3v) is 2.76. The Labute approximate surface area is 102 Å². The van der Waals surface area contributed by atoms with E-state index >= 15 is 0 Å². The van der Waals surface area contributed by atoms with Gasteiger partial charge in [-0.15, -0.1) is 0 Å². The molecule has 0 aliphatic rings. The minimum Gasteiger partial charge on any atom is -0.328 e. The van der Waals surface area contributed by atoms with Gasteiger partial charge in [0, 0.05) is 25.1 Å². The van der Waals surface area contributed by atoms with E-state index in [-0.39, 0.29) is 6.04 Å². The molecule has 0 saturated heterocycles. The zero-order valence-corrected chi connectivity index (χ0v) is 10.2. The third-order valence-electron chi connectivity index (χ3n) is 2.20. The smallest absolute Gasteiger partial charge is 0.0892 e. The molecule has 0 fully saturated rings. The van der Waals surface area contributed by atoms with Crippen molar-refractivity contribution >= 4 is 22.6 Å². The molecule has 2 aromatic heterocycles. The lowest BCUT2D eigenvalue weighted by atomic mass is 10.1. The van der Waals surface area contributed by atoms with Gasteiger partial charge in [-0.05, 0) is 40.3 Å². The fraction of sp³-hybridized carbons (Fsp3) is 0.200. The number of hydrogen-bond acceptors (Lipinski definition) is 3. The second-order valence-corrected chi connectivity index (χ2v) is 4.42. The van der Waals surface area contributed by atoms with Crippen molar-refractivity contribution in [3.05, 3.63) is 46.1 Å². The summed E-state index contributed by atoms with van der Waals surface area (Å²) in [7, 11) is 0. The summed E-state index contributed by atoms with van der Waals surface area (Å²) >= 11 is 2.23. The van der Waals surface area contributed by atoms with E-state index in [0.717, 1.165) is 9.13 Å². The summed E-state index contributed by atoms with van der Waals surface area (Å²) in [5.74, 6) is 0. The summed E-state index contributed by atoms with van der Waals surface area (Å²) in [4.78, 5) is 3.99. The van der Waals surface area contributed by atoms with Crippen molar-refractivity contribution in [2.75, 3.05) is 6.54 Å². The van der Waals surface area contributed by atoms with Gasteiger partial charge in [0.05, 0.1) is 15.8 Å². The maximum atomic E-state index is 5.76. The minimum absolute atomic E-state index is 0.0940. The van der Waals surface area contributed by atoms with Crippen LogP contribution in [0, 0.1) is 3.57 Å². The molecule has 4 nitrogen and oxygen atoms in total. The lowest BCUT2D eigenvalue weighted by molar-refractivity contribution is 0.531. The van der Waals surface area contributed by atoms with Crippen LogP contribution in [0.1, 0.15) is 11.6 Å². The van der Waals surface area contributed by atoms with Crippen molar-refractivity contribution in [1.29, 1.82) is 0 Å². The second kappa shape index (κ2) is 4.71. The van der Waals surface area contributed by atoms with Crippen LogP contribution in [0.2, 0.25) is 0 Å². The second-order valence-electron chi connectivity index (χ2n) is 3.17. The topological polar surface area (TPSA) is 56.7 Å². The first-order chi connectivity index (χ1) is 7.31. The van der Waals surface area contributed by atoms with Crippen molar-refractivity contribution in [1.82, 2.24) is 14.8 Å². The van der Waals surface area contributed by atoms with E-state index in [0.29, 0.717) is 6.54 Å². The van der Waals surface area contributed by atoms with Crippen molar-refractivity contribution in [3.63, 3.8) is 0 Å². The monoisotopic (exact) mass is 314 g/mol. The lowest BCUT2D eigenvalue weighted by Gasteiger charge is -2.15. The molecule has 0 saturated carbocycles. The Morgan fingerprint density at radius 3 is 2.67 bits per heavy atom. The molecule has 15 heavy (non-hydrogen) atoms. The molecule has 1 unspecified atom stereocenters. The molecule has 0 radical (unpaired) electrons. The number of pyridine rings is 1. The van der Waals surface area contributed by atoms with Gasteiger partial charge in [0.25, 0.3) is 0 Å². The predicted molar refractivity (Wildman–Crippen MR) is 66.4 cm³/mol. The van der Waals surface area contributed by atoms with E-state index in [9.17, 15) is 0 Å². The third kappa shape index (κ3) is 2.35. The molecule has 0 aromatic carbocycles. The molecule has 0 spiro atoms. The number of halogens is 1. The first-order valence-electron chi connectivity index (χ1n) is 4.61. The molecule has 0 aliphatic heterocycles. The molecule has 5 heteroatoms. The Kier molecular flexibility index (Phi) is 3.32. The Balaban J connectivity index is 2.33. The standard InChI is InChI=1S/C10H11IN4/c11-9-6-14-15(7-9)10(5-12)8-1-3-13-4-2-8/h1-4,6-7,10H,5,12H2. The Bertz CT molecular complexity index is 426. The average Bonchev–Trinajstić information content (AvgIpc) is 2.68. The highest BCUT2D eigenvalue weighted by Crippen LogP contribution is 2.16. The van der Waals surface area contributed by atoms with Gasteiger partial charge in [0.2, 0.25) is 0 Å². The van der Waals surface area contributed by atoms with E-state index in [1.54, 1.807) is 12.4 Å². The van der Waals surface area contributed by atoms with Crippen molar-refractivity contribution < 1.29 is 0 Å². The van der Waals surface area contributed by atoms with Gasteiger partial charge in [0.15, 0.2) is 0 Å². The maximum absolute atomic E-state index is 5.76. The van der Waals surface area contributed by atoms with Crippen molar-refractivity contribution in [2.24, 2.45) is 5.73 Å². The van der Waals surface area contributed by atoms with Gasteiger partial charge in [0.1, 0.15) is 0 Å². The summed E-state index contributed by atoms with van der Waals surface area (Å²) in [6.07, 6.45) is 7.35. The van der Waals surface area contributed by atoms with Crippen LogP contribution < -0.4 is 5.73 Å². The average molecular weight is 314 g/mol. The highest BCUT2D eigenvalue weighted by molar-refractivity contribution is 14.1. The van der Waals surface area contributed by atoms with Crippen LogP contribution in [0.25, 0.3) is 0 Å². The van der Waals surface area contributed by atoms with Gasteiger partial charge in [-0.1, -0.05) is 0 Å². The van der Waals surface area contributed by atoms with Gasteiger partial charge < -0.3 is 5.73 Å². The molecular formula is C10H11IN4. The Morgan fingerprint density at radius 1 is 1.40 bits per heavy atom. The number of aromatic nitrogens is 3. The van der Waals surface area contributed by atoms with E-state index in [4.69, 9.17) is 5.73 Å². The van der Waals surface area contributed by atoms with Crippen LogP contribution in [-0.2, 0) is 0 Å². The largest absolute Gasteiger partial charge is 0.328 e. The quantitative estimate of drug-likeness (QED) is 0.872. The molecule has 1 atom stereocenters. The number of nitrogens with zero attached hydrogens (tertiary/aromatic N) is 3. The summed E-state index contributed by atoms with van der Waals surface area (Å²) in [5.41, 5.74) is 6.89. The number of hydrogen-bond donors (Lipinski definition) is 1. The van der Waals surface area contributed by atoms with Gasteiger partial charge in [-0.25, -0.2) is 0 Å². The van der Waals surface area contributed by atoms with Crippen molar-refractivity contribution in [2.45, 2.75) is 6.04 Å². The van der Waals surface area contributed by atoms with E-state index in [2.05, 4.69) is 32.7 Å². The molecular weight excluding hydrogens is 303 g/mol. The predicted octanol–water partition coefficient (Wildman–Crippen LogP) is 1.43. The van der Waals surface area contributed by atoms with Crippen LogP contribution in [0.4, 0.5) is 0 Å². The fourth-order valence-electron chi connectivity index (χ4n) is 1.47. The first-order valence-corrected chi connectivity index (χ1v) is 5.69. The summed E-state index contributed by atoms with van der Waals surface area (Å²) in [6.45, 7) is 0.530. The summed E-state index contributed by atoms with van der Waals surface area (Å²) in [5, 5.41) is 4.27. The number of rotatable bonds is 3. The van der Waals surface area contributed by atoms with E-state index < -0.39 is 0 Å². The first kappa shape index (κ1) is 10.6. The highest BCUT2D eigenvalue weighted by Gasteiger charge is 2.12. The zero-order valence-electron chi connectivity index (χ0n) is 8.05. The van der Waals surface area contributed by atoms with Gasteiger partial charge in [-0.2, -0.15) is 5.10 Å². The maximum Gasteiger partial charge on any atom is 0.0892 e. The molecule has 2 aromatic rings. The SMILES string of the molecule is NCC(c1ccncc1)n1cc(I)cn1. The van der Waals surface area contributed by atoms with Crippen LogP contribution in [0.3, 0.4) is 0 Å². The van der Waals surface area contributed by atoms with Crippen LogP contribution in [-0.4, -0.2) is 21.3 Å². The molecule has 2 heterocycles. The van der Waals surface area contributed by atoms with Gasteiger partial charge in [-0.3, -0.25) is 9.67 Å². The summed E-state index contributed by atoms with van der Waals surface area (Å²) in [6, 6.07) is 4.02. The van der Waals surface area contributed by atoms with E-state index in [1.807, 2.05) is 29.2 Å². The van der Waals surface area contributed by atoms with Crippen LogP contribution in [0.5, 0.6) is 0 Å².